The van der Waals surface area contributed by atoms with E-state index in [0.29, 0.717) is 19.2 Å². The number of hydrogen-bond donors (Lipinski definition) is 1. The SMILES string of the molecule is CCC(=O)Oc1c(Nc2nc(N(CC)CC)ncc2N(CC)S(=O)(=O)c2ccc(F)c(F)c2)cccc1OC(=O)N(C)C. The molecule has 0 fully saturated rings. The number of halogens is 2. The van der Waals surface area contributed by atoms with Gasteiger partial charge in [0.2, 0.25) is 5.95 Å². The topological polar surface area (TPSA) is 134 Å². The van der Waals surface area contributed by atoms with E-state index in [2.05, 4.69) is 15.3 Å². The van der Waals surface area contributed by atoms with Crippen molar-refractivity contribution in [2.24, 2.45) is 0 Å². The fourth-order valence-electron chi connectivity index (χ4n) is 3.83. The van der Waals surface area contributed by atoms with Gasteiger partial charge in [-0.2, -0.15) is 4.98 Å². The Labute approximate surface area is 249 Å². The number of hydrogen-bond acceptors (Lipinski definition) is 10. The summed E-state index contributed by atoms with van der Waals surface area (Å²) in [6.45, 7) is 7.86. The minimum Gasteiger partial charge on any atom is -0.420 e. The summed E-state index contributed by atoms with van der Waals surface area (Å²) in [5.74, 6) is -3.11. The van der Waals surface area contributed by atoms with Gasteiger partial charge in [0.05, 0.1) is 16.8 Å². The molecule has 1 aromatic heterocycles. The predicted molar refractivity (Wildman–Crippen MR) is 158 cm³/mol. The molecule has 15 heteroatoms. The first-order valence-corrected chi connectivity index (χ1v) is 14.9. The lowest BCUT2D eigenvalue weighted by Gasteiger charge is -2.27. The van der Waals surface area contributed by atoms with Gasteiger partial charge in [-0.1, -0.05) is 13.0 Å². The lowest BCUT2D eigenvalue weighted by molar-refractivity contribution is -0.134. The quantitative estimate of drug-likeness (QED) is 0.219. The Bertz CT molecular complexity index is 1580. The van der Waals surface area contributed by atoms with E-state index < -0.39 is 38.6 Å². The van der Waals surface area contributed by atoms with Crippen LogP contribution in [0.1, 0.15) is 34.1 Å². The molecular formula is C28H34F2N6O6S. The number of carbonyl (C=O) groups excluding carboxylic acids is 2. The van der Waals surface area contributed by atoms with Gasteiger partial charge in [0, 0.05) is 40.2 Å². The second kappa shape index (κ2) is 14.1. The van der Waals surface area contributed by atoms with E-state index >= 15 is 0 Å². The number of aromatic nitrogens is 2. The average molecular weight is 621 g/mol. The highest BCUT2D eigenvalue weighted by Crippen LogP contribution is 2.40. The lowest BCUT2D eigenvalue weighted by atomic mass is 10.2. The molecule has 1 heterocycles. The van der Waals surface area contributed by atoms with Gasteiger partial charge in [-0.15, -0.1) is 0 Å². The summed E-state index contributed by atoms with van der Waals surface area (Å²) in [6, 6.07) is 6.76. The zero-order chi connectivity index (χ0) is 31.9. The minimum absolute atomic E-state index is 0.0103. The molecule has 12 nitrogen and oxygen atoms in total. The smallest absolute Gasteiger partial charge is 0.414 e. The number of sulfonamides is 1. The standard InChI is InChI=1S/C28H34F2N6O6S/c1-7-24(37)42-25-21(12-11-13-23(25)41-28(38)34(5)6)32-26-22(17-31-27(33-26)35(8-2)9-3)36(10-4)43(39,40)18-14-15-19(29)20(30)16-18/h11-17H,7-10H2,1-6H3,(H,31,32,33). The maximum absolute atomic E-state index is 14.0. The highest BCUT2D eigenvalue weighted by atomic mass is 32.2. The molecule has 0 aliphatic rings. The molecule has 0 aliphatic heterocycles. The second-order valence-corrected chi connectivity index (χ2v) is 11.0. The van der Waals surface area contributed by atoms with E-state index in [1.165, 1.54) is 43.4 Å². The van der Waals surface area contributed by atoms with Crippen LogP contribution in [0.5, 0.6) is 11.5 Å². The molecule has 1 amide bonds. The average Bonchev–Trinajstić information content (AvgIpc) is 2.97. The van der Waals surface area contributed by atoms with E-state index in [-0.39, 0.29) is 47.6 Å². The molecule has 0 aliphatic carbocycles. The second-order valence-electron chi connectivity index (χ2n) is 9.17. The Kier molecular flexibility index (Phi) is 10.8. The fraction of sp³-hybridized carbons (Fsp3) is 0.357. The van der Waals surface area contributed by atoms with E-state index in [1.807, 2.05) is 18.7 Å². The van der Waals surface area contributed by atoms with Crippen LogP contribution >= 0.6 is 0 Å². The van der Waals surface area contributed by atoms with Crippen molar-refractivity contribution in [3.05, 3.63) is 54.2 Å². The molecule has 3 rings (SSSR count). The van der Waals surface area contributed by atoms with Gasteiger partial charge in [0.25, 0.3) is 10.0 Å². The van der Waals surface area contributed by atoms with Gasteiger partial charge >= 0.3 is 12.1 Å². The van der Waals surface area contributed by atoms with Gasteiger partial charge in [0.1, 0.15) is 5.69 Å². The summed E-state index contributed by atoms with van der Waals surface area (Å²) in [7, 11) is -1.47. The summed E-state index contributed by atoms with van der Waals surface area (Å²) in [5.41, 5.74) is 0.0872. The predicted octanol–water partition coefficient (Wildman–Crippen LogP) is 4.94. The zero-order valence-electron chi connectivity index (χ0n) is 24.7. The number of amides is 1. The number of anilines is 4. The summed E-state index contributed by atoms with van der Waals surface area (Å²) in [6.07, 6.45) is 0.570. The van der Waals surface area contributed by atoms with Crippen LogP contribution < -0.4 is 24.0 Å². The first kappa shape index (κ1) is 33.0. The maximum Gasteiger partial charge on any atom is 0.414 e. The molecule has 43 heavy (non-hydrogen) atoms. The molecule has 3 aromatic rings. The Morgan fingerprint density at radius 3 is 2.23 bits per heavy atom. The Balaban J connectivity index is 2.23. The van der Waals surface area contributed by atoms with Crippen molar-refractivity contribution in [1.29, 1.82) is 0 Å². The third kappa shape index (κ3) is 7.46. The van der Waals surface area contributed by atoms with Crippen LogP contribution in [0.4, 0.5) is 36.7 Å². The summed E-state index contributed by atoms with van der Waals surface area (Å²) < 4.78 is 66.9. The van der Waals surface area contributed by atoms with E-state index in [1.54, 1.807) is 13.8 Å². The van der Waals surface area contributed by atoms with Gasteiger partial charge in [0.15, 0.2) is 29.0 Å². The van der Waals surface area contributed by atoms with Gasteiger partial charge in [-0.25, -0.2) is 27.0 Å². The molecule has 0 spiro atoms. The van der Waals surface area contributed by atoms with Crippen LogP contribution in [0.3, 0.4) is 0 Å². The zero-order valence-corrected chi connectivity index (χ0v) is 25.5. The molecule has 0 bridgehead atoms. The normalized spacial score (nSPS) is 11.1. The lowest BCUT2D eigenvalue weighted by Crippen LogP contribution is -2.32. The molecule has 0 radical (unpaired) electrons. The number of rotatable bonds is 12. The highest BCUT2D eigenvalue weighted by Gasteiger charge is 2.29. The number of nitrogens with zero attached hydrogens (tertiary/aromatic N) is 5. The Morgan fingerprint density at radius 1 is 0.953 bits per heavy atom. The van der Waals surface area contributed by atoms with Gasteiger partial charge in [-0.3, -0.25) is 9.10 Å². The fourth-order valence-corrected chi connectivity index (χ4v) is 5.31. The number of benzene rings is 2. The molecule has 2 aromatic carbocycles. The van der Waals surface area contributed by atoms with Gasteiger partial charge in [-0.05, 0) is 51.1 Å². The molecule has 0 unspecified atom stereocenters. The monoisotopic (exact) mass is 620 g/mol. The number of para-hydroxylation sites is 1. The number of nitrogens with one attached hydrogen (secondary N) is 1. The van der Waals surface area contributed by atoms with E-state index in [4.69, 9.17) is 9.47 Å². The van der Waals surface area contributed by atoms with Crippen LogP contribution in [-0.2, 0) is 14.8 Å². The van der Waals surface area contributed by atoms with Crippen LogP contribution in [0, 0.1) is 11.6 Å². The van der Waals surface area contributed by atoms with E-state index in [0.717, 1.165) is 16.4 Å². The van der Waals surface area contributed by atoms with Crippen molar-refractivity contribution in [2.75, 3.05) is 48.3 Å². The molecule has 0 saturated carbocycles. The summed E-state index contributed by atoms with van der Waals surface area (Å²) in [4.78, 5) is 36.2. The summed E-state index contributed by atoms with van der Waals surface area (Å²) >= 11 is 0. The van der Waals surface area contributed by atoms with Crippen LogP contribution in [0.25, 0.3) is 0 Å². The molecule has 0 saturated heterocycles. The van der Waals surface area contributed by atoms with Crippen molar-refractivity contribution in [1.82, 2.24) is 14.9 Å². The third-order valence-corrected chi connectivity index (χ3v) is 8.02. The van der Waals surface area contributed by atoms with Crippen molar-refractivity contribution >= 4 is 45.2 Å². The highest BCUT2D eigenvalue weighted by molar-refractivity contribution is 7.92. The number of carbonyl (C=O) groups is 2. The van der Waals surface area contributed by atoms with Crippen molar-refractivity contribution in [3.8, 4) is 11.5 Å². The minimum atomic E-state index is -4.44. The Morgan fingerprint density at radius 2 is 1.65 bits per heavy atom. The molecular weight excluding hydrogens is 586 g/mol. The molecule has 1 N–H and O–H groups in total. The number of esters is 1. The number of ether oxygens (including phenoxy) is 2. The van der Waals surface area contributed by atoms with Gasteiger partial charge < -0.3 is 24.6 Å². The van der Waals surface area contributed by atoms with Crippen LogP contribution in [0.2, 0.25) is 0 Å². The van der Waals surface area contributed by atoms with Crippen molar-refractivity contribution in [3.63, 3.8) is 0 Å². The van der Waals surface area contributed by atoms with Crippen molar-refractivity contribution in [2.45, 2.75) is 39.0 Å². The van der Waals surface area contributed by atoms with Crippen LogP contribution in [0.15, 0.2) is 47.5 Å². The van der Waals surface area contributed by atoms with Crippen molar-refractivity contribution < 1.29 is 36.3 Å². The Hall–Kier alpha value is -4.53. The molecule has 232 valence electrons. The third-order valence-electron chi connectivity index (χ3n) is 6.14. The molecule has 0 atom stereocenters. The maximum atomic E-state index is 14.0. The van der Waals surface area contributed by atoms with Crippen LogP contribution in [-0.4, -0.2) is 69.1 Å². The first-order chi connectivity index (χ1) is 20.4. The van der Waals surface area contributed by atoms with E-state index in [9.17, 15) is 26.8 Å². The largest absolute Gasteiger partial charge is 0.420 e. The summed E-state index contributed by atoms with van der Waals surface area (Å²) in [5, 5.41) is 3.02. The first-order valence-electron chi connectivity index (χ1n) is 13.5.